The Hall–Kier alpha value is -1.88. The zero-order valence-electron chi connectivity index (χ0n) is 12.6. The van der Waals surface area contributed by atoms with Crippen LogP contribution in [-0.2, 0) is 7.05 Å². The fourth-order valence-corrected chi connectivity index (χ4v) is 3.31. The molecule has 5 nitrogen and oxygen atoms in total. The van der Waals surface area contributed by atoms with Gasteiger partial charge in [-0.3, -0.25) is 9.48 Å². The number of benzene rings is 1. The second-order valence-corrected chi connectivity index (χ2v) is 5.92. The fourth-order valence-electron chi connectivity index (χ4n) is 3.31. The van der Waals surface area contributed by atoms with Crippen molar-refractivity contribution >= 4 is 16.8 Å². The first-order valence-corrected chi connectivity index (χ1v) is 7.54. The van der Waals surface area contributed by atoms with Crippen LogP contribution < -0.4 is 5.73 Å². The summed E-state index contributed by atoms with van der Waals surface area (Å²) in [4.78, 5) is 14.6. The van der Waals surface area contributed by atoms with Crippen molar-refractivity contribution in [3.8, 4) is 0 Å². The lowest BCUT2D eigenvalue weighted by atomic mass is 9.90. The third-order valence-electron chi connectivity index (χ3n) is 4.56. The van der Waals surface area contributed by atoms with Crippen LogP contribution in [0.25, 0.3) is 10.9 Å². The molecule has 1 aromatic heterocycles. The molecule has 2 N–H and O–H groups in total. The minimum atomic E-state index is -0.0332. The van der Waals surface area contributed by atoms with Crippen LogP contribution in [0.5, 0.6) is 0 Å². The van der Waals surface area contributed by atoms with Crippen molar-refractivity contribution in [3.63, 3.8) is 0 Å². The van der Waals surface area contributed by atoms with Gasteiger partial charge in [-0.1, -0.05) is 31.0 Å². The number of carbonyl (C=O) groups excluding carboxylic acids is 1. The normalized spacial score (nSPS) is 22.4. The van der Waals surface area contributed by atoms with E-state index in [0.717, 1.165) is 36.6 Å². The molecule has 0 spiro atoms. The number of carbonyl (C=O) groups is 1. The highest BCUT2D eigenvalue weighted by Gasteiger charge is 2.30. The van der Waals surface area contributed by atoms with Crippen molar-refractivity contribution in [2.45, 2.75) is 37.8 Å². The number of aryl methyl sites for hydroxylation is 1. The lowest BCUT2D eigenvalue weighted by molar-refractivity contribution is 0.0667. The Balaban J connectivity index is 1.93. The van der Waals surface area contributed by atoms with Crippen molar-refractivity contribution in [1.82, 2.24) is 14.7 Å². The van der Waals surface area contributed by atoms with E-state index >= 15 is 0 Å². The maximum atomic E-state index is 12.8. The molecule has 0 radical (unpaired) electrons. The zero-order valence-corrected chi connectivity index (χ0v) is 12.6. The Morgan fingerprint density at radius 3 is 2.81 bits per heavy atom. The molecule has 1 aliphatic carbocycles. The number of para-hydroxylation sites is 1. The molecule has 2 atom stereocenters. The third kappa shape index (κ3) is 2.42. The molecule has 1 saturated carbocycles. The highest BCUT2D eigenvalue weighted by Crippen LogP contribution is 2.24. The summed E-state index contributed by atoms with van der Waals surface area (Å²) >= 11 is 0. The van der Waals surface area contributed by atoms with Gasteiger partial charge >= 0.3 is 0 Å². The van der Waals surface area contributed by atoms with Crippen molar-refractivity contribution in [3.05, 3.63) is 30.0 Å². The highest BCUT2D eigenvalue weighted by molar-refractivity contribution is 6.04. The fraction of sp³-hybridized carbons (Fsp3) is 0.500. The van der Waals surface area contributed by atoms with Gasteiger partial charge in [-0.05, 0) is 18.9 Å². The molecule has 1 aromatic carbocycles. The minimum absolute atomic E-state index is 0.0332. The summed E-state index contributed by atoms with van der Waals surface area (Å²) in [6.45, 7) is 0. The summed E-state index contributed by atoms with van der Waals surface area (Å²) in [6.07, 6.45) is 4.27. The monoisotopic (exact) mass is 286 g/mol. The summed E-state index contributed by atoms with van der Waals surface area (Å²) < 4.78 is 1.76. The van der Waals surface area contributed by atoms with Crippen LogP contribution >= 0.6 is 0 Å². The Morgan fingerprint density at radius 1 is 1.33 bits per heavy atom. The van der Waals surface area contributed by atoms with E-state index in [1.807, 2.05) is 38.4 Å². The van der Waals surface area contributed by atoms with Crippen molar-refractivity contribution < 1.29 is 4.79 Å². The number of fused-ring (bicyclic) bond motifs is 1. The van der Waals surface area contributed by atoms with Crippen LogP contribution in [0, 0.1) is 0 Å². The van der Waals surface area contributed by atoms with Gasteiger partial charge in [0.15, 0.2) is 5.69 Å². The summed E-state index contributed by atoms with van der Waals surface area (Å²) in [6, 6.07) is 8.01. The minimum Gasteiger partial charge on any atom is -0.336 e. The molecule has 5 heteroatoms. The number of nitrogens with zero attached hydrogens (tertiary/aromatic N) is 3. The van der Waals surface area contributed by atoms with Gasteiger partial charge in [0, 0.05) is 31.6 Å². The Labute approximate surface area is 124 Å². The maximum absolute atomic E-state index is 12.8. The number of nitrogens with two attached hydrogens (primary N) is 1. The van der Waals surface area contributed by atoms with Crippen LogP contribution in [0.2, 0.25) is 0 Å². The van der Waals surface area contributed by atoms with Gasteiger partial charge in [-0.15, -0.1) is 0 Å². The van der Waals surface area contributed by atoms with Gasteiger partial charge in [0.25, 0.3) is 5.91 Å². The summed E-state index contributed by atoms with van der Waals surface area (Å²) in [5.41, 5.74) is 7.69. The zero-order chi connectivity index (χ0) is 15.0. The van der Waals surface area contributed by atoms with Crippen LogP contribution in [0.3, 0.4) is 0 Å². The van der Waals surface area contributed by atoms with Crippen LogP contribution in [0.15, 0.2) is 24.3 Å². The van der Waals surface area contributed by atoms with E-state index in [9.17, 15) is 4.79 Å². The third-order valence-corrected chi connectivity index (χ3v) is 4.56. The van der Waals surface area contributed by atoms with Gasteiger partial charge in [-0.2, -0.15) is 5.10 Å². The quantitative estimate of drug-likeness (QED) is 0.917. The average Bonchev–Trinajstić information content (AvgIpc) is 2.84. The predicted molar refractivity (Wildman–Crippen MR) is 83.0 cm³/mol. The lowest BCUT2D eigenvalue weighted by Crippen LogP contribution is -2.50. The Kier molecular flexibility index (Phi) is 3.68. The molecule has 1 aliphatic rings. The van der Waals surface area contributed by atoms with Crippen molar-refractivity contribution in [2.24, 2.45) is 12.8 Å². The molecule has 21 heavy (non-hydrogen) atoms. The summed E-state index contributed by atoms with van der Waals surface area (Å²) in [5.74, 6) is -0.0332. The molecule has 2 unspecified atom stereocenters. The first-order chi connectivity index (χ1) is 10.1. The van der Waals surface area contributed by atoms with Gasteiger partial charge in [-0.25, -0.2) is 0 Å². The molecule has 1 heterocycles. The molecule has 0 saturated heterocycles. The topological polar surface area (TPSA) is 64.2 Å². The smallest absolute Gasteiger partial charge is 0.275 e. The second-order valence-electron chi connectivity index (χ2n) is 5.92. The number of amides is 1. The van der Waals surface area contributed by atoms with E-state index < -0.39 is 0 Å². The number of aromatic nitrogens is 2. The number of hydrogen-bond acceptors (Lipinski definition) is 3. The van der Waals surface area contributed by atoms with Crippen LogP contribution in [-0.4, -0.2) is 39.7 Å². The SMILES string of the molecule is CN(C(=O)c1nn(C)c2ccccc12)C1CCCCC1N. The number of likely N-dealkylation sites (N-methyl/N-ethyl adjacent to an activating group) is 1. The van der Waals surface area contributed by atoms with E-state index in [2.05, 4.69) is 5.10 Å². The molecule has 2 aromatic rings. The molecule has 3 rings (SSSR count). The molecule has 1 fully saturated rings. The first kappa shape index (κ1) is 14.1. The standard InChI is InChI=1S/C16H22N4O/c1-19(14-10-6-4-8-12(14)17)16(21)15-11-7-3-5-9-13(11)20(2)18-15/h3,5,7,9,12,14H,4,6,8,10,17H2,1-2H3. The molecular formula is C16H22N4O. The van der Waals surface area contributed by atoms with E-state index in [0.29, 0.717) is 5.69 Å². The Morgan fingerprint density at radius 2 is 2.05 bits per heavy atom. The number of hydrogen-bond donors (Lipinski definition) is 1. The largest absolute Gasteiger partial charge is 0.336 e. The van der Waals surface area contributed by atoms with E-state index in [1.54, 1.807) is 9.58 Å². The first-order valence-electron chi connectivity index (χ1n) is 7.54. The molecule has 0 aliphatic heterocycles. The lowest BCUT2D eigenvalue weighted by Gasteiger charge is -2.35. The molecule has 112 valence electrons. The van der Waals surface area contributed by atoms with E-state index in [1.165, 1.54) is 0 Å². The van der Waals surface area contributed by atoms with Gasteiger partial charge in [0.1, 0.15) is 0 Å². The Bertz CT molecular complexity index is 663. The second kappa shape index (κ2) is 5.48. The van der Waals surface area contributed by atoms with Gasteiger partial charge < -0.3 is 10.6 Å². The van der Waals surface area contributed by atoms with Gasteiger partial charge in [0.2, 0.25) is 0 Å². The molecule has 0 bridgehead atoms. The van der Waals surface area contributed by atoms with Crippen molar-refractivity contribution in [1.29, 1.82) is 0 Å². The molecular weight excluding hydrogens is 264 g/mol. The summed E-state index contributed by atoms with van der Waals surface area (Å²) in [7, 11) is 3.72. The van der Waals surface area contributed by atoms with Gasteiger partial charge in [0.05, 0.1) is 5.52 Å². The van der Waals surface area contributed by atoms with Crippen LogP contribution in [0.4, 0.5) is 0 Å². The average molecular weight is 286 g/mol. The van der Waals surface area contributed by atoms with Crippen molar-refractivity contribution in [2.75, 3.05) is 7.05 Å². The predicted octanol–water partition coefficient (Wildman–Crippen LogP) is 1.92. The molecule has 1 amide bonds. The maximum Gasteiger partial charge on any atom is 0.275 e. The van der Waals surface area contributed by atoms with Crippen LogP contribution in [0.1, 0.15) is 36.2 Å². The summed E-state index contributed by atoms with van der Waals surface area (Å²) in [5, 5.41) is 5.32. The van der Waals surface area contributed by atoms with E-state index in [-0.39, 0.29) is 18.0 Å². The number of rotatable bonds is 2. The van der Waals surface area contributed by atoms with E-state index in [4.69, 9.17) is 5.73 Å². The highest BCUT2D eigenvalue weighted by atomic mass is 16.2.